The summed E-state index contributed by atoms with van der Waals surface area (Å²) in [6.45, 7) is 10.0. The molecule has 0 spiro atoms. The highest BCUT2D eigenvalue weighted by Crippen LogP contribution is 2.15. The zero-order valence-corrected chi connectivity index (χ0v) is 11.4. The van der Waals surface area contributed by atoms with Gasteiger partial charge in [0.15, 0.2) is 0 Å². The second kappa shape index (κ2) is 7.41. The molecule has 1 N–H and O–H groups in total. The Morgan fingerprint density at radius 1 is 1.41 bits per heavy atom. The lowest BCUT2D eigenvalue weighted by Crippen LogP contribution is -2.28. The lowest BCUT2D eigenvalue weighted by atomic mass is 10.1. The highest BCUT2D eigenvalue weighted by molar-refractivity contribution is 5.21. The molecule has 0 radical (unpaired) electrons. The van der Waals surface area contributed by atoms with E-state index in [1.807, 2.05) is 12.3 Å². The van der Waals surface area contributed by atoms with E-state index in [1.165, 1.54) is 5.56 Å². The molecule has 3 nitrogen and oxygen atoms in total. The van der Waals surface area contributed by atoms with Crippen LogP contribution in [0.1, 0.15) is 44.5 Å². The van der Waals surface area contributed by atoms with Gasteiger partial charge in [0.2, 0.25) is 0 Å². The van der Waals surface area contributed by atoms with Crippen molar-refractivity contribution in [1.29, 1.82) is 0 Å². The number of hydrogen-bond donors (Lipinski definition) is 1. The summed E-state index contributed by atoms with van der Waals surface area (Å²) in [5.74, 6) is 0. The summed E-state index contributed by atoms with van der Waals surface area (Å²) in [4.78, 5) is 4.47. The fraction of sp³-hybridized carbons (Fsp3) is 0.643. The van der Waals surface area contributed by atoms with Gasteiger partial charge in [-0.1, -0.05) is 13.0 Å². The summed E-state index contributed by atoms with van der Waals surface area (Å²) in [5.41, 5.74) is 2.31. The van der Waals surface area contributed by atoms with Gasteiger partial charge in [-0.15, -0.1) is 0 Å². The summed E-state index contributed by atoms with van der Waals surface area (Å²) in [5, 5.41) is 3.49. The molecule has 1 heterocycles. The van der Waals surface area contributed by atoms with Crippen molar-refractivity contribution in [3.63, 3.8) is 0 Å². The van der Waals surface area contributed by atoms with Gasteiger partial charge in [-0.3, -0.25) is 4.98 Å². The van der Waals surface area contributed by atoms with Crippen LogP contribution in [0.4, 0.5) is 0 Å². The molecule has 1 rings (SSSR count). The number of ether oxygens (including phenoxy) is 1. The lowest BCUT2D eigenvalue weighted by molar-refractivity contribution is 0.0602. The van der Waals surface area contributed by atoms with Crippen LogP contribution < -0.4 is 5.32 Å². The van der Waals surface area contributed by atoms with Gasteiger partial charge in [-0.2, -0.15) is 0 Å². The van der Waals surface area contributed by atoms with Crippen LogP contribution in [0.2, 0.25) is 0 Å². The summed E-state index contributed by atoms with van der Waals surface area (Å²) in [6.07, 6.45) is 3.22. The number of nitrogens with zero attached hydrogens (tertiary/aromatic N) is 1. The first-order chi connectivity index (χ1) is 8.15. The summed E-state index contributed by atoms with van der Waals surface area (Å²) in [7, 11) is 0. The summed E-state index contributed by atoms with van der Waals surface area (Å²) >= 11 is 0. The summed E-state index contributed by atoms with van der Waals surface area (Å²) < 4.78 is 5.71. The Balaban J connectivity index is 2.71. The third-order valence-corrected chi connectivity index (χ3v) is 2.62. The molecule has 0 aliphatic rings. The Labute approximate surface area is 105 Å². The number of rotatable bonds is 7. The molecule has 1 aromatic heterocycles. The fourth-order valence-corrected chi connectivity index (χ4v) is 1.70. The van der Waals surface area contributed by atoms with Gasteiger partial charge in [0.05, 0.1) is 24.4 Å². The number of pyridine rings is 1. The van der Waals surface area contributed by atoms with E-state index in [4.69, 9.17) is 4.74 Å². The van der Waals surface area contributed by atoms with Crippen LogP contribution in [0.5, 0.6) is 0 Å². The molecule has 0 saturated carbocycles. The van der Waals surface area contributed by atoms with E-state index in [9.17, 15) is 0 Å². The molecule has 1 unspecified atom stereocenters. The molecular weight excluding hydrogens is 212 g/mol. The smallest absolute Gasteiger partial charge is 0.0735 e. The van der Waals surface area contributed by atoms with Crippen LogP contribution in [-0.2, 0) is 4.74 Å². The van der Waals surface area contributed by atoms with Crippen LogP contribution >= 0.6 is 0 Å². The molecule has 17 heavy (non-hydrogen) atoms. The molecular formula is C14H24N2O. The van der Waals surface area contributed by atoms with Crippen molar-refractivity contribution >= 4 is 0 Å². The first kappa shape index (κ1) is 14.1. The molecule has 96 valence electrons. The second-order valence-electron chi connectivity index (χ2n) is 4.59. The Morgan fingerprint density at radius 2 is 2.18 bits per heavy atom. The van der Waals surface area contributed by atoms with Crippen molar-refractivity contribution in [3.8, 4) is 0 Å². The molecule has 0 amide bonds. The molecule has 0 saturated heterocycles. The zero-order chi connectivity index (χ0) is 12.7. The Kier molecular flexibility index (Phi) is 6.16. The highest BCUT2D eigenvalue weighted by atomic mass is 16.5. The van der Waals surface area contributed by atoms with Crippen molar-refractivity contribution in [3.05, 3.63) is 29.6 Å². The van der Waals surface area contributed by atoms with Crippen molar-refractivity contribution in [2.75, 3.05) is 13.2 Å². The average molecular weight is 236 g/mol. The van der Waals surface area contributed by atoms with Crippen molar-refractivity contribution in [1.82, 2.24) is 10.3 Å². The number of nitrogens with one attached hydrogen (secondary N) is 1. The van der Waals surface area contributed by atoms with Crippen molar-refractivity contribution in [2.24, 2.45) is 0 Å². The zero-order valence-electron chi connectivity index (χ0n) is 11.4. The van der Waals surface area contributed by atoms with Gasteiger partial charge in [0, 0.05) is 6.20 Å². The first-order valence-corrected chi connectivity index (χ1v) is 6.41. The highest BCUT2D eigenvalue weighted by Gasteiger charge is 2.14. The summed E-state index contributed by atoms with van der Waals surface area (Å²) in [6, 6.07) is 4.26. The first-order valence-electron chi connectivity index (χ1n) is 6.41. The monoisotopic (exact) mass is 236 g/mol. The number of aromatic nitrogens is 1. The van der Waals surface area contributed by atoms with Gasteiger partial charge in [-0.25, -0.2) is 0 Å². The third kappa shape index (κ3) is 4.84. The van der Waals surface area contributed by atoms with E-state index in [0.29, 0.717) is 6.61 Å². The quantitative estimate of drug-likeness (QED) is 0.790. The number of hydrogen-bond acceptors (Lipinski definition) is 3. The Hall–Kier alpha value is -0.930. The van der Waals surface area contributed by atoms with E-state index in [2.05, 4.69) is 44.1 Å². The molecule has 3 heteroatoms. The van der Waals surface area contributed by atoms with E-state index >= 15 is 0 Å². The van der Waals surface area contributed by atoms with E-state index in [-0.39, 0.29) is 12.1 Å². The lowest BCUT2D eigenvalue weighted by Gasteiger charge is -2.21. The van der Waals surface area contributed by atoms with Gasteiger partial charge < -0.3 is 10.1 Å². The van der Waals surface area contributed by atoms with Crippen molar-refractivity contribution in [2.45, 2.75) is 46.3 Å². The van der Waals surface area contributed by atoms with Gasteiger partial charge in [0.1, 0.15) is 0 Å². The Bertz CT molecular complexity index is 326. The molecule has 0 aromatic carbocycles. The van der Waals surface area contributed by atoms with E-state index < -0.39 is 0 Å². The molecule has 1 atom stereocenters. The van der Waals surface area contributed by atoms with Crippen LogP contribution in [-0.4, -0.2) is 24.2 Å². The molecule has 0 bridgehead atoms. The minimum Gasteiger partial charge on any atom is -0.377 e. The SMILES string of the molecule is CCCNC(COC(C)C)c1ncccc1C. The Morgan fingerprint density at radius 3 is 2.76 bits per heavy atom. The minimum atomic E-state index is 0.193. The second-order valence-corrected chi connectivity index (χ2v) is 4.59. The van der Waals surface area contributed by atoms with E-state index in [1.54, 1.807) is 0 Å². The standard InChI is InChI=1S/C14H24N2O/c1-5-8-15-13(10-17-11(2)3)14-12(4)7-6-9-16-14/h6-7,9,11,13,15H,5,8,10H2,1-4H3. The fourth-order valence-electron chi connectivity index (χ4n) is 1.70. The molecule has 0 aliphatic carbocycles. The van der Waals surface area contributed by atoms with Gasteiger partial charge >= 0.3 is 0 Å². The van der Waals surface area contributed by atoms with Crippen LogP contribution in [0.15, 0.2) is 18.3 Å². The van der Waals surface area contributed by atoms with Crippen LogP contribution in [0.3, 0.4) is 0 Å². The van der Waals surface area contributed by atoms with Crippen LogP contribution in [0, 0.1) is 6.92 Å². The van der Waals surface area contributed by atoms with Gasteiger partial charge in [-0.05, 0) is 45.4 Å². The average Bonchev–Trinajstić information content (AvgIpc) is 2.30. The van der Waals surface area contributed by atoms with Crippen molar-refractivity contribution < 1.29 is 4.74 Å². The molecule has 0 fully saturated rings. The maximum absolute atomic E-state index is 5.71. The number of aryl methyl sites for hydroxylation is 1. The molecule has 0 aliphatic heterocycles. The third-order valence-electron chi connectivity index (χ3n) is 2.62. The minimum absolute atomic E-state index is 0.193. The van der Waals surface area contributed by atoms with Gasteiger partial charge in [0.25, 0.3) is 0 Å². The predicted molar refractivity (Wildman–Crippen MR) is 71.1 cm³/mol. The molecule has 1 aromatic rings. The normalized spacial score (nSPS) is 13.0. The largest absolute Gasteiger partial charge is 0.377 e. The van der Waals surface area contributed by atoms with Crippen LogP contribution in [0.25, 0.3) is 0 Å². The topological polar surface area (TPSA) is 34.1 Å². The van der Waals surface area contributed by atoms with E-state index in [0.717, 1.165) is 18.7 Å². The maximum atomic E-state index is 5.71. The maximum Gasteiger partial charge on any atom is 0.0735 e. The predicted octanol–water partition coefficient (Wildman–Crippen LogP) is 2.86.